The summed E-state index contributed by atoms with van der Waals surface area (Å²) < 4.78 is 40.4. The predicted molar refractivity (Wildman–Crippen MR) is 128 cm³/mol. The van der Waals surface area contributed by atoms with E-state index in [-0.39, 0.29) is 11.3 Å². The molecule has 1 atom stereocenters. The quantitative estimate of drug-likeness (QED) is 0.466. The van der Waals surface area contributed by atoms with Crippen LogP contribution in [0.1, 0.15) is 17.2 Å². The molecule has 0 fully saturated rings. The van der Waals surface area contributed by atoms with Crippen molar-refractivity contribution in [1.82, 2.24) is 9.13 Å². The van der Waals surface area contributed by atoms with Gasteiger partial charge in [0.2, 0.25) is 5.91 Å². The van der Waals surface area contributed by atoms with Gasteiger partial charge in [-0.25, -0.2) is 12.8 Å². The Hall–Kier alpha value is -3.92. The van der Waals surface area contributed by atoms with Gasteiger partial charge < -0.3 is 20.2 Å². The van der Waals surface area contributed by atoms with Gasteiger partial charge in [0.1, 0.15) is 17.4 Å². The molecule has 1 unspecified atom stereocenters. The zero-order valence-corrected chi connectivity index (χ0v) is 19.2. The lowest BCUT2D eigenvalue weighted by Crippen LogP contribution is -2.27. The molecule has 0 bridgehead atoms. The molecule has 1 aliphatic rings. The fourth-order valence-corrected chi connectivity index (χ4v) is 5.31. The van der Waals surface area contributed by atoms with E-state index in [2.05, 4.69) is 5.32 Å². The zero-order valence-electron chi connectivity index (χ0n) is 18.4. The van der Waals surface area contributed by atoms with E-state index in [0.717, 1.165) is 6.26 Å². The number of carbonyl (C=O) groups excluding carboxylic acids is 1. The highest BCUT2D eigenvalue weighted by molar-refractivity contribution is 7.89. The molecule has 5 rings (SSSR count). The maximum absolute atomic E-state index is 13.6. The summed E-state index contributed by atoms with van der Waals surface area (Å²) in [7, 11) is -1.67. The maximum atomic E-state index is 13.6. The average molecular weight is 481 g/mol. The standard InChI is InChI=1S/C24H21FN4O4S/c1-28-10-17-16-9-13(12-34(2,32)33)3-8-19(16)27-21(23(26)30)18-11-29(22(20(17)18)24(28)31)15-6-4-14(25)5-7-15/h3-11,21,27H,12H2,1-2H3,(H2,26,30). The van der Waals surface area contributed by atoms with Crippen molar-refractivity contribution in [2.45, 2.75) is 11.8 Å². The van der Waals surface area contributed by atoms with Crippen molar-refractivity contribution >= 4 is 32.3 Å². The van der Waals surface area contributed by atoms with Crippen molar-refractivity contribution in [1.29, 1.82) is 0 Å². The molecule has 4 aromatic rings. The Balaban J connectivity index is 1.89. The fraction of sp³-hybridized carbons (Fsp3) is 0.167. The summed E-state index contributed by atoms with van der Waals surface area (Å²) in [5, 5.41) is 3.69. The number of halogens is 1. The van der Waals surface area contributed by atoms with Crippen molar-refractivity contribution < 1.29 is 17.6 Å². The van der Waals surface area contributed by atoms with Crippen molar-refractivity contribution in [3.05, 3.63) is 82.2 Å². The van der Waals surface area contributed by atoms with Crippen molar-refractivity contribution in [2.24, 2.45) is 12.8 Å². The summed E-state index contributed by atoms with van der Waals surface area (Å²) in [6.45, 7) is 0. The van der Waals surface area contributed by atoms with E-state index in [4.69, 9.17) is 5.73 Å². The Morgan fingerprint density at radius 2 is 1.82 bits per heavy atom. The number of amides is 1. The molecule has 2 aromatic heterocycles. The third-order valence-electron chi connectivity index (χ3n) is 5.95. The summed E-state index contributed by atoms with van der Waals surface area (Å²) in [5.74, 6) is -1.21. The maximum Gasteiger partial charge on any atom is 0.275 e. The van der Waals surface area contributed by atoms with Crippen LogP contribution in [0.2, 0.25) is 0 Å². The lowest BCUT2D eigenvalue weighted by molar-refractivity contribution is -0.118. The third-order valence-corrected chi connectivity index (χ3v) is 6.81. The molecule has 0 radical (unpaired) electrons. The smallest absolute Gasteiger partial charge is 0.275 e. The number of hydrogen-bond acceptors (Lipinski definition) is 5. The molecule has 0 aliphatic carbocycles. The number of anilines is 1. The van der Waals surface area contributed by atoms with E-state index in [1.165, 1.54) is 16.7 Å². The SMILES string of the molecule is Cn1cc2c3c(cn(-c4ccc(F)cc4)c3c1=O)C(C(N)=O)Nc1ccc(CS(C)(=O)=O)cc1-2. The number of rotatable bonds is 4. The minimum absolute atomic E-state index is 0.155. The second-order valence-corrected chi connectivity index (χ2v) is 10.7. The molecular weight excluding hydrogens is 459 g/mol. The number of hydrogen-bond donors (Lipinski definition) is 2. The highest BCUT2D eigenvalue weighted by Crippen LogP contribution is 2.43. The van der Waals surface area contributed by atoms with Crippen LogP contribution in [0.3, 0.4) is 0 Å². The van der Waals surface area contributed by atoms with Crippen molar-refractivity contribution in [3.63, 3.8) is 0 Å². The summed E-state index contributed by atoms with van der Waals surface area (Å²) >= 11 is 0. The van der Waals surface area contributed by atoms with Gasteiger partial charge in [0.25, 0.3) is 5.56 Å². The number of aryl methyl sites for hydroxylation is 1. The van der Waals surface area contributed by atoms with Crippen LogP contribution in [0.15, 0.2) is 59.7 Å². The van der Waals surface area contributed by atoms with Gasteiger partial charge in [-0.05, 0) is 42.0 Å². The van der Waals surface area contributed by atoms with Crippen LogP contribution in [0.25, 0.3) is 27.7 Å². The highest BCUT2D eigenvalue weighted by Gasteiger charge is 2.31. The van der Waals surface area contributed by atoms with Crippen LogP contribution >= 0.6 is 0 Å². The van der Waals surface area contributed by atoms with Crippen LogP contribution in [0.5, 0.6) is 0 Å². The predicted octanol–water partition coefficient (Wildman–Crippen LogP) is 2.63. The number of benzene rings is 2. The molecule has 174 valence electrons. The first-order valence-electron chi connectivity index (χ1n) is 10.4. The van der Waals surface area contributed by atoms with Gasteiger partial charge in [-0.15, -0.1) is 0 Å². The van der Waals surface area contributed by atoms with Gasteiger partial charge >= 0.3 is 0 Å². The second kappa shape index (κ2) is 7.56. The molecule has 1 amide bonds. The van der Waals surface area contributed by atoms with E-state index in [0.29, 0.717) is 44.5 Å². The summed E-state index contributed by atoms with van der Waals surface area (Å²) in [6.07, 6.45) is 4.48. The molecule has 0 saturated carbocycles. The largest absolute Gasteiger partial charge is 0.370 e. The number of pyridine rings is 1. The molecule has 10 heteroatoms. The van der Waals surface area contributed by atoms with E-state index in [1.807, 2.05) is 0 Å². The number of primary amides is 1. The normalized spacial score (nSPS) is 15.0. The van der Waals surface area contributed by atoms with Crippen molar-refractivity contribution in [2.75, 3.05) is 11.6 Å². The first kappa shape index (κ1) is 21.9. The van der Waals surface area contributed by atoms with Gasteiger partial charge in [0.05, 0.1) is 5.75 Å². The van der Waals surface area contributed by atoms with Gasteiger partial charge in [-0.2, -0.15) is 0 Å². The molecule has 2 aromatic carbocycles. The minimum Gasteiger partial charge on any atom is -0.370 e. The van der Waals surface area contributed by atoms with Gasteiger partial charge in [-0.1, -0.05) is 6.07 Å². The lowest BCUT2D eigenvalue weighted by Gasteiger charge is -2.17. The summed E-state index contributed by atoms with van der Waals surface area (Å²) in [6, 6.07) is 9.85. The first-order chi connectivity index (χ1) is 16.0. The van der Waals surface area contributed by atoms with E-state index >= 15 is 0 Å². The summed E-state index contributed by atoms with van der Waals surface area (Å²) in [5.41, 5.74) is 9.24. The van der Waals surface area contributed by atoms with Crippen LogP contribution in [-0.4, -0.2) is 29.7 Å². The Bertz CT molecular complexity index is 1650. The van der Waals surface area contributed by atoms with Crippen LogP contribution in [0.4, 0.5) is 10.1 Å². The second-order valence-electron chi connectivity index (χ2n) is 8.54. The number of fused-ring (bicyclic) bond motifs is 2. The van der Waals surface area contributed by atoms with Gasteiger partial charge in [-0.3, -0.25) is 9.59 Å². The Labute approximate surface area is 194 Å². The number of nitrogens with zero attached hydrogens (tertiary/aromatic N) is 2. The topological polar surface area (TPSA) is 116 Å². The monoisotopic (exact) mass is 480 g/mol. The highest BCUT2D eigenvalue weighted by atomic mass is 32.2. The molecule has 0 spiro atoms. The first-order valence-corrected chi connectivity index (χ1v) is 12.5. The molecule has 1 aliphatic heterocycles. The fourth-order valence-electron chi connectivity index (χ4n) is 4.52. The Morgan fingerprint density at radius 1 is 1.12 bits per heavy atom. The van der Waals surface area contributed by atoms with Gasteiger partial charge in [0.15, 0.2) is 9.84 Å². The van der Waals surface area contributed by atoms with Gasteiger partial charge in [0, 0.05) is 59.1 Å². The Morgan fingerprint density at radius 3 is 2.47 bits per heavy atom. The Kier molecular flexibility index (Phi) is 4.87. The molecule has 8 nitrogen and oxygen atoms in total. The number of aromatic nitrogens is 2. The minimum atomic E-state index is -3.28. The number of nitrogens with one attached hydrogen (secondary N) is 1. The zero-order chi connectivity index (χ0) is 24.4. The van der Waals surface area contributed by atoms with Crippen molar-refractivity contribution in [3.8, 4) is 16.8 Å². The third kappa shape index (κ3) is 3.56. The molecular formula is C24H21FN4O4S. The molecule has 3 heterocycles. The van der Waals surface area contributed by atoms with Crippen LogP contribution in [0, 0.1) is 5.82 Å². The molecule has 3 N–H and O–H groups in total. The molecule has 0 saturated heterocycles. The number of sulfone groups is 1. The number of nitrogens with two attached hydrogens (primary N) is 1. The van der Waals surface area contributed by atoms with Crippen LogP contribution < -0.4 is 16.6 Å². The average Bonchev–Trinajstić information content (AvgIpc) is 3.09. The summed E-state index contributed by atoms with van der Waals surface area (Å²) in [4.78, 5) is 25.8. The number of carbonyl (C=O) groups is 1. The lowest BCUT2D eigenvalue weighted by atomic mass is 9.98. The van der Waals surface area contributed by atoms with E-state index in [1.54, 1.807) is 54.3 Å². The van der Waals surface area contributed by atoms with E-state index in [9.17, 15) is 22.4 Å². The molecule has 34 heavy (non-hydrogen) atoms. The van der Waals surface area contributed by atoms with Crippen LogP contribution in [-0.2, 0) is 27.4 Å². The van der Waals surface area contributed by atoms with E-state index < -0.39 is 27.6 Å².